The van der Waals surface area contributed by atoms with Gasteiger partial charge in [0, 0.05) is 30.6 Å². The van der Waals surface area contributed by atoms with E-state index in [2.05, 4.69) is 18.0 Å². The highest BCUT2D eigenvalue weighted by atomic mass is 16.2. The Hall–Kier alpha value is -2.64. The monoisotopic (exact) mass is 359 g/mol. The van der Waals surface area contributed by atoms with Gasteiger partial charge in [0.2, 0.25) is 0 Å². The van der Waals surface area contributed by atoms with Gasteiger partial charge in [-0.25, -0.2) is 0 Å². The number of likely N-dealkylation sites (tertiary alicyclic amines) is 2. The fourth-order valence-corrected chi connectivity index (χ4v) is 4.63. The van der Waals surface area contributed by atoms with Crippen molar-refractivity contribution in [1.29, 1.82) is 5.26 Å². The summed E-state index contributed by atoms with van der Waals surface area (Å²) in [6.07, 6.45) is 3.52. The van der Waals surface area contributed by atoms with Crippen LogP contribution in [0.1, 0.15) is 35.2 Å². The molecular formula is C23H25N3O. The van der Waals surface area contributed by atoms with Crippen molar-refractivity contribution in [2.45, 2.75) is 19.3 Å². The summed E-state index contributed by atoms with van der Waals surface area (Å²) in [6, 6.07) is 17.5. The summed E-state index contributed by atoms with van der Waals surface area (Å²) in [5, 5.41) is 9.07. The number of piperidine rings is 1. The van der Waals surface area contributed by atoms with Crippen molar-refractivity contribution in [1.82, 2.24) is 9.80 Å². The zero-order valence-corrected chi connectivity index (χ0v) is 15.8. The standard InChI is InChI=1S/C23H25N3O/c1-25-13-11-23(16-25)10-3-12-26(17-23)22(27)20-8-6-19(7-9-20)21-5-2-4-18(14-21)15-24/h2,4-9,14H,3,10-13,16-17H2,1H3. The third-order valence-electron chi connectivity index (χ3n) is 6.03. The number of benzene rings is 2. The second-order valence-corrected chi connectivity index (χ2v) is 8.09. The van der Waals surface area contributed by atoms with Gasteiger partial charge < -0.3 is 9.80 Å². The van der Waals surface area contributed by atoms with Gasteiger partial charge in [0.25, 0.3) is 5.91 Å². The Morgan fingerprint density at radius 1 is 1.04 bits per heavy atom. The highest BCUT2D eigenvalue weighted by molar-refractivity contribution is 5.94. The Morgan fingerprint density at radius 3 is 2.56 bits per heavy atom. The molecule has 2 saturated heterocycles. The third-order valence-corrected chi connectivity index (χ3v) is 6.03. The second-order valence-electron chi connectivity index (χ2n) is 8.09. The van der Waals surface area contributed by atoms with Crippen molar-refractivity contribution >= 4 is 5.91 Å². The number of hydrogen-bond acceptors (Lipinski definition) is 3. The van der Waals surface area contributed by atoms with Gasteiger partial charge in [0.1, 0.15) is 0 Å². The molecule has 27 heavy (non-hydrogen) atoms. The number of nitriles is 1. The number of carbonyl (C=O) groups is 1. The van der Waals surface area contributed by atoms with Gasteiger partial charge in [-0.3, -0.25) is 4.79 Å². The van der Waals surface area contributed by atoms with Crippen LogP contribution in [0.5, 0.6) is 0 Å². The molecule has 4 rings (SSSR count). The lowest BCUT2D eigenvalue weighted by molar-refractivity contribution is 0.0534. The first-order valence-electron chi connectivity index (χ1n) is 9.67. The van der Waals surface area contributed by atoms with E-state index in [9.17, 15) is 4.79 Å². The van der Waals surface area contributed by atoms with Crippen LogP contribution in [0, 0.1) is 16.7 Å². The minimum absolute atomic E-state index is 0.140. The van der Waals surface area contributed by atoms with E-state index in [1.54, 1.807) is 6.07 Å². The molecule has 0 aromatic heterocycles. The van der Waals surface area contributed by atoms with Crippen LogP contribution in [0.25, 0.3) is 11.1 Å². The molecule has 0 aliphatic carbocycles. The molecule has 1 atom stereocenters. The predicted molar refractivity (Wildman–Crippen MR) is 106 cm³/mol. The van der Waals surface area contributed by atoms with E-state index in [4.69, 9.17) is 5.26 Å². The smallest absolute Gasteiger partial charge is 0.253 e. The first-order valence-corrected chi connectivity index (χ1v) is 9.67. The van der Waals surface area contributed by atoms with Crippen LogP contribution >= 0.6 is 0 Å². The fourth-order valence-electron chi connectivity index (χ4n) is 4.63. The van der Waals surface area contributed by atoms with Crippen LogP contribution in [-0.2, 0) is 0 Å². The summed E-state index contributed by atoms with van der Waals surface area (Å²) in [5.74, 6) is 0.140. The van der Waals surface area contributed by atoms with Gasteiger partial charge in [-0.05, 0) is 68.2 Å². The third kappa shape index (κ3) is 3.61. The summed E-state index contributed by atoms with van der Waals surface area (Å²) in [6.45, 7) is 3.97. The highest BCUT2D eigenvalue weighted by Gasteiger charge is 2.41. The van der Waals surface area contributed by atoms with E-state index in [-0.39, 0.29) is 5.91 Å². The lowest BCUT2D eigenvalue weighted by atomic mass is 9.79. The number of rotatable bonds is 2. The maximum Gasteiger partial charge on any atom is 0.253 e. The second kappa shape index (κ2) is 7.17. The maximum absolute atomic E-state index is 13.0. The van der Waals surface area contributed by atoms with Crippen LogP contribution in [0.3, 0.4) is 0 Å². The van der Waals surface area contributed by atoms with E-state index in [0.29, 0.717) is 11.0 Å². The molecule has 4 heteroatoms. The summed E-state index contributed by atoms with van der Waals surface area (Å²) < 4.78 is 0. The molecular weight excluding hydrogens is 334 g/mol. The van der Waals surface area contributed by atoms with Gasteiger partial charge in [-0.2, -0.15) is 5.26 Å². The Kier molecular flexibility index (Phi) is 4.72. The molecule has 0 radical (unpaired) electrons. The summed E-state index contributed by atoms with van der Waals surface area (Å²) in [5.41, 5.74) is 3.71. The molecule has 2 aromatic rings. The first kappa shape index (κ1) is 17.8. The van der Waals surface area contributed by atoms with Crippen LogP contribution in [0.15, 0.2) is 48.5 Å². The molecule has 0 saturated carbocycles. The van der Waals surface area contributed by atoms with Crippen LogP contribution in [-0.4, -0.2) is 48.9 Å². The van der Waals surface area contributed by atoms with Crippen molar-refractivity contribution in [3.05, 3.63) is 59.7 Å². The van der Waals surface area contributed by atoms with Crippen molar-refractivity contribution in [3.8, 4) is 17.2 Å². The molecule has 1 unspecified atom stereocenters. The largest absolute Gasteiger partial charge is 0.338 e. The maximum atomic E-state index is 13.0. The Balaban J connectivity index is 1.50. The lowest BCUT2D eigenvalue weighted by Crippen LogP contribution is -2.47. The molecule has 2 aliphatic rings. The number of amides is 1. The van der Waals surface area contributed by atoms with Crippen LogP contribution in [0.2, 0.25) is 0 Å². The molecule has 2 heterocycles. The summed E-state index contributed by atoms with van der Waals surface area (Å²) in [7, 11) is 2.18. The van der Waals surface area contributed by atoms with Crippen molar-refractivity contribution in [3.63, 3.8) is 0 Å². The normalized spacial score (nSPS) is 22.7. The van der Waals surface area contributed by atoms with Crippen LogP contribution < -0.4 is 0 Å². The van der Waals surface area contributed by atoms with E-state index in [1.807, 2.05) is 47.4 Å². The zero-order valence-electron chi connectivity index (χ0n) is 15.8. The van der Waals surface area contributed by atoms with E-state index in [0.717, 1.165) is 49.3 Å². The van der Waals surface area contributed by atoms with Gasteiger partial charge >= 0.3 is 0 Å². The molecule has 1 spiro atoms. The Morgan fingerprint density at radius 2 is 1.85 bits per heavy atom. The number of hydrogen-bond donors (Lipinski definition) is 0. The molecule has 4 nitrogen and oxygen atoms in total. The predicted octanol–water partition coefficient (Wildman–Crippen LogP) is 3.78. The molecule has 2 aliphatic heterocycles. The first-order chi connectivity index (χ1) is 13.1. The van der Waals surface area contributed by atoms with Crippen molar-refractivity contribution < 1.29 is 4.79 Å². The molecule has 0 bridgehead atoms. The van der Waals surface area contributed by atoms with E-state index < -0.39 is 0 Å². The quantitative estimate of drug-likeness (QED) is 0.820. The Bertz CT molecular complexity index is 879. The number of nitrogens with zero attached hydrogens (tertiary/aromatic N) is 3. The molecule has 2 fully saturated rings. The van der Waals surface area contributed by atoms with Gasteiger partial charge in [-0.1, -0.05) is 24.3 Å². The average molecular weight is 359 g/mol. The summed E-state index contributed by atoms with van der Waals surface area (Å²) in [4.78, 5) is 17.5. The van der Waals surface area contributed by atoms with Gasteiger partial charge in [-0.15, -0.1) is 0 Å². The fraction of sp³-hybridized carbons (Fsp3) is 0.391. The number of carbonyl (C=O) groups excluding carboxylic acids is 1. The minimum Gasteiger partial charge on any atom is -0.338 e. The highest BCUT2D eigenvalue weighted by Crippen LogP contribution is 2.38. The molecule has 138 valence electrons. The van der Waals surface area contributed by atoms with E-state index >= 15 is 0 Å². The molecule has 2 aromatic carbocycles. The topological polar surface area (TPSA) is 47.3 Å². The molecule has 1 amide bonds. The SMILES string of the molecule is CN1CCC2(CCCN(C(=O)c3ccc(-c4cccc(C#N)c4)cc3)C2)C1. The average Bonchev–Trinajstić information content (AvgIpc) is 3.07. The van der Waals surface area contributed by atoms with Crippen molar-refractivity contribution in [2.75, 3.05) is 33.2 Å². The van der Waals surface area contributed by atoms with E-state index in [1.165, 1.54) is 12.8 Å². The van der Waals surface area contributed by atoms with Gasteiger partial charge in [0.05, 0.1) is 11.6 Å². The summed E-state index contributed by atoms with van der Waals surface area (Å²) >= 11 is 0. The van der Waals surface area contributed by atoms with Crippen molar-refractivity contribution in [2.24, 2.45) is 5.41 Å². The van der Waals surface area contributed by atoms with Crippen LogP contribution in [0.4, 0.5) is 0 Å². The Labute approximate surface area is 161 Å². The lowest BCUT2D eigenvalue weighted by Gasteiger charge is -2.40. The molecule has 0 N–H and O–H groups in total. The minimum atomic E-state index is 0.140. The zero-order chi connectivity index (χ0) is 18.9. The van der Waals surface area contributed by atoms with Gasteiger partial charge in [0.15, 0.2) is 0 Å².